The molecule has 156 valence electrons. The van der Waals surface area contributed by atoms with Gasteiger partial charge in [-0.2, -0.15) is 0 Å². The Labute approximate surface area is 179 Å². The molecule has 6 heteroatoms. The van der Waals surface area contributed by atoms with Crippen molar-refractivity contribution in [1.29, 1.82) is 0 Å². The van der Waals surface area contributed by atoms with Crippen molar-refractivity contribution in [3.8, 4) is 11.5 Å². The summed E-state index contributed by atoms with van der Waals surface area (Å²) in [6.45, 7) is 0. The van der Waals surface area contributed by atoms with Crippen molar-refractivity contribution in [3.63, 3.8) is 0 Å². The molecule has 2 amide bonds. The quantitative estimate of drug-likeness (QED) is 0.331. The van der Waals surface area contributed by atoms with E-state index in [1.54, 1.807) is 55.6 Å². The molecule has 1 aliphatic heterocycles. The number of carbonyl (C=O) groups is 3. The van der Waals surface area contributed by atoms with E-state index in [-0.39, 0.29) is 41.0 Å². The van der Waals surface area contributed by atoms with Crippen molar-refractivity contribution in [2.45, 2.75) is 6.42 Å². The molecule has 31 heavy (non-hydrogen) atoms. The van der Waals surface area contributed by atoms with Crippen LogP contribution >= 0.6 is 0 Å². The fourth-order valence-electron chi connectivity index (χ4n) is 5.79. The summed E-state index contributed by atoms with van der Waals surface area (Å²) in [6.07, 6.45) is 5.43. The summed E-state index contributed by atoms with van der Waals surface area (Å²) < 4.78 is 10.5. The van der Waals surface area contributed by atoms with Crippen molar-refractivity contribution < 1.29 is 23.9 Å². The maximum Gasteiger partial charge on any atom is 0.343 e. The van der Waals surface area contributed by atoms with Gasteiger partial charge in [-0.3, -0.25) is 9.59 Å². The zero-order chi connectivity index (χ0) is 21.3. The van der Waals surface area contributed by atoms with Gasteiger partial charge >= 0.3 is 5.97 Å². The summed E-state index contributed by atoms with van der Waals surface area (Å²) in [5.74, 6) is 1.15. The van der Waals surface area contributed by atoms with Gasteiger partial charge in [0.2, 0.25) is 11.8 Å². The highest BCUT2D eigenvalue weighted by atomic mass is 16.5. The van der Waals surface area contributed by atoms with E-state index in [1.165, 1.54) is 4.90 Å². The summed E-state index contributed by atoms with van der Waals surface area (Å²) in [6, 6.07) is 13.3. The maximum atomic E-state index is 13.3. The Balaban J connectivity index is 1.26. The lowest BCUT2D eigenvalue weighted by Crippen LogP contribution is -2.40. The lowest BCUT2D eigenvalue weighted by Gasteiger charge is -2.37. The number of ether oxygens (including phenoxy) is 2. The second-order valence-electron chi connectivity index (χ2n) is 8.78. The molecule has 0 N–H and O–H groups in total. The number of nitrogens with zero attached hydrogens (tertiary/aromatic N) is 1. The van der Waals surface area contributed by atoms with Gasteiger partial charge in [-0.15, -0.1) is 0 Å². The highest BCUT2D eigenvalue weighted by molar-refractivity contribution is 6.23. The number of carbonyl (C=O) groups excluding carboxylic acids is 3. The van der Waals surface area contributed by atoms with Crippen molar-refractivity contribution in [2.75, 3.05) is 12.0 Å². The van der Waals surface area contributed by atoms with Crippen molar-refractivity contribution in [2.24, 2.45) is 35.5 Å². The first kappa shape index (κ1) is 18.4. The van der Waals surface area contributed by atoms with Crippen LogP contribution in [0.4, 0.5) is 5.69 Å². The summed E-state index contributed by atoms with van der Waals surface area (Å²) in [5, 5.41) is 0. The number of imide groups is 1. The first-order valence-corrected chi connectivity index (χ1v) is 10.6. The summed E-state index contributed by atoms with van der Waals surface area (Å²) in [5.41, 5.74) is 0.717. The van der Waals surface area contributed by atoms with E-state index in [1.807, 2.05) is 0 Å². The van der Waals surface area contributed by atoms with E-state index in [0.29, 0.717) is 29.0 Å². The van der Waals surface area contributed by atoms with Crippen LogP contribution in [0.1, 0.15) is 16.8 Å². The Bertz CT molecular complexity index is 1100. The van der Waals surface area contributed by atoms with Gasteiger partial charge in [0.1, 0.15) is 11.5 Å². The molecular formula is C25H21NO5. The number of hydrogen-bond donors (Lipinski definition) is 0. The Morgan fingerprint density at radius 3 is 2.13 bits per heavy atom. The minimum Gasteiger partial charge on any atom is -0.497 e. The zero-order valence-corrected chi connectivity index (χ0v) is 16.9. The monoisotopic (exact) mass is 415 g/mol. The van der Waals surface area contributed by atoms with Gasteiger partial charge in [-0.1, -0.05) is 18.2 Å². The minimum atomic E-state index is -0.550. The number of hydrogen-bond acceptors (Lipinski definition) is 5. The molecule has 6 atom stereocenters. The molecule has 7 rings (SSSR count). The third kappa shape index (κ3) is 2.67. The Morgan fingerprint density at radius 1 is 0.903 bits per heavy atom. The van der Waals surface area contributed by atoms with Gasteiger partial charge in [0.25, 0.3) is 0 Å². The van der Waals surface area contributed by atoms with Crippen LogP contribution in [0.3, 0.4) is 0 Å². The summed E-state index contributed by atoms with van der Waals surface area (Å²) in [7, 11) is 1.56. The fraction of sp³-hybridized carbons (Fsp3) is 0.320. The van der Waals surface area contributed by atoms with Gasteiger partial charge in [0.05, 0.1) is 30.2 Å². The average molecular weight is 415 g/mol. The number of benzene rings is 2. The van der Waals surface area contributed by atoms with Crippen LogP contribution in [0.25, 0.3) is 0 Å². The fourth-order valence-corrected chi connectivity index (χ4v) is 5.79. The van der Waals surface area contributed by atoms with Crippen LogP contribution in [-0.2, 0) is 9.59 Å². The molecule has 5 aliphatic rings. The van der Waals surface area contributed by atoms with Crippen LogP contribution in [-0.4, -0.2) is 24.9 Å². The summed E-state index contributed by atoms with van der Waals surface area (Å²) in [4.78, 5) is 40.5. The number of anilines is 1. The van der Waals surface area contributed by atoms with Crippen molar-refractivity contribution >= 4 is 23.5 Å². The van der Waals surface area contributed by atoms with E-state index in [9.17, 15) is 14.4 Å². The van der Waals surface area contributed by atoms with E-state index in [2.05, 4.69) is 12.2 Å². The minimum absolute atomic E-state index is 0.139. The van der Waals surface area contributed by atoms with Gasteiger partial charge in [-0.05, 0) is 72.6 Å². The first-order valence-electron chi connectivity index (χ1n) is 10.6. The molecule has 0 unspecified atom stereocenters. The standard InChI is InChI=1S/C25H21NO5/c1-30-15-5-7-16(8-6-15)31-25(29)13-3-2-4-14(11-13)26-23(27)21-17-9-10-18(20-12-19(17)20)22(21)24(26)28/h2-11,17-22H,12H2,1H3/t17-,18-,19-,20-,21+,22+/m0/s1. The smallest absolute Gasteiger partial charge is 0.343 e. The molecule has 0 aromatic heterocycles. The highest BCUT2D eigenvalue weighted by Crippen LogP contribution is 2.65. The number of allylic oxidation sites excluding steroid dienone is 2. The van der Waals surface area contributed by atoms with Crippen molar-refractivity contribution in [1.82, 2.24) is 0 Å². The largest absolute Gasteiger partial charge is 0.497 e. The molecule has 0 spiro atoms. The first-order chi connectivity index (χ1) is 15.1. The Kier molecular flexibility index (Phi) is 3.88. The molecule has 2 aromatic carbocycles. The molecule has 1 saturated heterocycles. The van der Waals surface area contributed by atoms with Gasteiger partial charge in [0, 0.05) is 0 Å². The van der Waals surface area contributed by atoms with E-state index >= 15 is 0 Å². The summed E-state index contributed by atoms with van der Waals surface area (Å²) >= 11 is 0. The number of methoxy groups -OCH3 is 1. The van der Waals surface area contributed by atoms with Crippen LogP contribution in [0.15, 0.2) is 60.7 Å². The molecule has 6 nitrogen and oxygen atoms in total. The Morgan fingerprint density at radius 2 is 1.52 bits per heavy atom. The molecule has 4 aliphatic carbocycles. The van der Waals surface area contributed by atoms with E-state index in [0.717, 1.165) is 6.42 Å². The molecule has 2 saturated carbocycles. The van der Waals surface area contributed by atoms with Crippen molar-refractivity contribution in [3.05, 3.63) is 66.2 Å². The van der Waals surface area contributed by atoms with Crippen LogP contribution in [0.5, 0.6) is 11.5 Å². The Hall–Kier alpha value is -3.41. The third-order valence-electron chi connectivity index (χ3n) is 7.27. The normalized spacial score (nSPS) is 32.0. The highest BCUT2D eigenvalue weighted by Gasteiger charge is 2.67. The van der Waals surface area contributed by atoms with E-state index < -0.39 is 5.97 Å². The predicted octanol–water partition coefficient (Wildman–Crippen LogP) is 3.47. The van der Waals surface area contributed by atoms with Gasteiger partial charge in [0.15, 0.2) is 0 Å². The lowest BCUT2D eigenvalue weighted by molar-refractivity contribution is -0.124. The number of rotatable bonds is 4. The molecule has 0 radical (unpaired) electrons. The predicted molar refractivity (Wildman–Crippen MR) is 112 cm³/mol. The van der Waals surface area contributed by atoms with Crippen LogP contribution < -0.4 is 14.4 Å². The molecule has 2 aromatic rings. The lowest BCUT2D eigenvalue weighted by atomic mass is 9.63. The molecule has 3 fully saturated rings. The van der Waals surface area contributed by atoms with E-state index in [4.69, 9.17) is 9.47 Å². The third-order valence-corrected chi connectivity index (χ3v) is 7.27. The second kappa shape index (κ2) is 6.54. The second-order valence-corrected chi connectivity index (χ2v) is 8.78. The van der Waals surface area contributed by atoms with Gasteiger partial charge in [-0.25, -0.2) is 9.69 Å². The molecule has 2 bridgehead atoms. The average Bonchev–Trinajstić information content (AvgIpc) is 3.57. The molecular weight excluding hydrogens is 394 g/mol. The van der Waals surface area contributed by atoms with Crippen LogP contribution in [0.2, 0.25) is 0 Å². The number of esters is 1. The van der Waals surface area contributed by atoms with Crippen LogP contribution in [0, 0.1) is 35.5 Å². The number of amides is 2. The topological polar surface area (TPSA) is 72.9 Å². The molecule has 1 heterocycles. The maximum absolute atomic E-state index is 13.3. The van der Waals surface area contributed by atoms with Gasteiger partial charge < -0.3 is 9.47 Å². The zero-order valence-electron chi connectivity index (χ0n) is 16.9. The SMILES string of the molecule is COc1ccc(OC(=O)c2cccc(N3C(=O)[C@@H]4[C@H]5C=C[C@@H]([C@@H]6C[C@@H]56)[C@H]4C3=O)c2)cc1.